The van der Waals surface area contributed by atoms with Gasteiger partial charge >= 0.3 is 0 Å². The minimum atomic E-state index is -0.538. The molecule has 14 heavy (non-hydrogen) atoms. The van der Waals surface area contributed by atoms with Crippen molar-refractivity contribution >= 4 is 15.9 Å². The number of nitrogens with zero attached hydrogens (tertiary/aromatic N) is 2. The van der Waals surface area contributed by atoms with E-state index in [4.69, 9.17) is 4.74 Å². The van der Waals surface area contributed by atoms with Gasteiger partial charge in [-0.3, -0.25) is 0 Å². The molecule has 72 valence electrons. The van der Waals surface area contributed by atoms with Gasteiger partial charge in [-0.1, -0.05) is 6.07 Å². The van der Waals surface area contributed by atoms with Gasteiger partial charge in [0.1, 0.15) is 10.0 Å². The number of nitriles is 1. The first-order valence-corrected chi connectivity index (χ1v) is 5.18. The molecule has 0 saturated carbocycles. The standard InChI is InChI=1S/C10H9BrN2O/c11-9-3-1-2-8(13-9)10(6-12)4-5-14-7-10/h1-3H,4-5,7H2. The van der Waals surface area contributed by atoms with Crippen LogP contribution < -0.4 is 0 Å². The van der Waals surface area contributed by atoms with E-state index in [1.54, 1.807) is 0 Å². The molecule has 1 aromatic heterocycles. The molecule has 0 spiro atoms. The van der Waals surface area contributed by atoms with Crippen LogP contribution in [0.4, 0.5) is 0 Å². The highest BCUT2D eigenvalue weighted by Gasteiger charge is 2.38. The molecule has 4 heteroatoms. The van der Waals surface area contributed by atoms with Gasteiger partial charge in [0.05, 0.1) is 18.4 Å². The van der Waals surface area contributed by atoms with E-state index in [0.717, 1.165) is 16.7 Å². The van der Waals surface area contributed by atoms with Crippen molar-refractivity contribution in [3.63, 3.8) is 0 Å². The van der Waals surface area contributed by atoms with Gasteiger partial charge in [-0.2, -0.15) is 5.26 Å². The monoisotopic (exact) mass is 252 g/mol. The molecule has 1 aliphatic heterocycles. The minimum Gasteiger partial charge on any atom is -0.379 e. The van der Waals surface area contributed by atoms with Crippen molar-refractivity contribution in [3.8, 4) is 6.07 Å². The van der Waals surface area contributed by atoms with E-state index in [9.17, 15) is 5.26 Å². The molecule has 0 N–H and O–H groups in total. The number of rotatable bonds is 1. The van der Waals surface area contributed by atoms with E-state index < -0.39 is 5.41 Å². The third kappa shape index (κ3) is 1.54. The van der Waals surface area contributed by atoms with Crippen molar-refractivity contribution < 1.29 is 4.74 Å². The summed E-state index contributed by atoms with van der Waals surface area (Å²) in [5, 5.41) is 9.18. The van der Waals surface area contributed by atoms with Crippen LogP contribution in [0.15, 0.2) is 22.8 Å². The summed E-state index contributed by atoms with van der Waals surface area (Å²) in [5.74, 6) is 0. The Morgan fingerprint density at radius 1 is 1.57 bits per heavy atom. The molecular formula is C10H9BrN2O. The summed E-state index contributed by atoms with van der Waals surface area (Å²) in [6.07, 6.45) is 0.729. The van der Waals surface area contributed by atoms with E-state index in [-0.39, 0.29) is 0 Å². The molecule has 0 radical (unpaired) electrons. The Hall–Kier alpha value is -0.920. The van der Waals surface area contributed by atoms with Crippen LogP contribution in [0.3, 0.4) is 0 Å². The quantitative estimate of drug-likeness (QED) is 0.719. The maximum atomic E-state index is 9.18. The van der Waals surface area contributed by atoms with Crippen molar-refractivity contribution in [1.29, 1.82) is 5.26 Å². The average Bonchev–Trinajstić information content (AvgIpc) is 2.67. The molecule has 3 nitrogen and oxygen atoms in total. The van der Waals surface area contributed by atoms with Crippen molar-refractivity contribution in [2.75, 3.05) is 13.2 Å². The third-order valence-electron chi connectivity index (χ3n) is 2.44. The smallest absolute Gasteiger partial charge is 0.125 e. The Bertz CT molecular complexity index is 380. The van der Waals surface area contributed by atoms with Gasteiger partial charge in [-0.05, 0) is 34.5 Å². The summed E-state index contributed by atoms with van der Waals surface area (Å²) in [7, 11) is 0. The largest absolute Gasteiger partial charge is 0.379 e. The number of hydrogen-bond acceptors (Lipinski definition) is 3. The van der Waals surface area contributed by atoms with Crippen LogP contribution in [0.2, 0.25) is 0 Å². The number of hydrogen-bond donors (Lipinski definition) is 0. The van der Waals surface area contributed by atoms with E-state index in [1.807, 2.05) is 18.2 Å². The molecule has 0 amide bonds. The highest BCUT2D eigenvalue weighted by molar-refractivity contribution is 9.10. The molecule has 1 saturated heterocycles. The van der Waals surface area contributed by atoms with Gasteiger partial charge in [-0.15, -0.1) is 0 Å². The van der Waals surface area contributed by atoms with E-state index >= 15 is 0 Å². The second-order valence-corrected chi connectivity index (χ2v) is 4.15. The lowest BCUT2D eigenvalue weighted by Crippen LogP contribution is -2.25. The summed E-state index contributed by atoms with van der Waals surface area (Å²) in [6.45, 7) is 1.09. The lowest BCUT2D eigenvalue weighted by Gasteiger charge is -2.17. The topological polar surface area (TPSA) is 45.9 Å². The van der Waals surface area contributed by atoms with E-state index in [2.05, 4.69) is 27.0 Å². The van der Waals surface area contributed by atoms with Gasteiger partial charge in [0.2, 0.25) is 0 Å². The van der Waals surface area contributed by atoms with Gasteiger partial charge in [0.25, 0.3) is 0 Å². The van der Waals surface area contributed by atoms with E-state index in [1.165, 1.54) is 0 Å². The molecule has 1 aliphatic rings. The lowest BCUT2D eigenvalue weighted by molar-refractivity contribution is 0.186. The van der Waals surface area contributed by atoms with Crippen LogP contribution in [-0.2, 0) is 10.2 Å². The summed E-state index contributed by atoms with van der Waals surface area (Å²) in [6, 6.07) is 7.93. The first kappa shape index (κ1) is 9.63. The van der Waals surface area contributed by atoms with Gasteiger partial charge in [0.15, 0.2) is 0 Å². The Morgan fingerprint density at radius 3 is 3.00 bits per heavy atom. The maximum absolute atomic E-state index is 9.18. The molecule has 0 bridgehead atoms. The molecule has 0 aromatic carbocycles. The summed E-state index contributed by atoms with van der Waals surface area (Å²) in [4.78, 5) is 4.31. The molecule has 2 rings (SSSR count). The third-order valence-corrected chi connectivity index (χ3v) is 2.88. The number of aromatic nitrogens is 1. The van der Waals surface area contributed by atoms with Gasteiger partial charge in [0, 0.05) is 6.61 Å². The normalized spacial score (nSPS) is 26.0. The van der Waals surface area contributed by atoms with Crippen molar-refractivity contribution in [1.82, 2.24) is 4.98 Å². The maximum Gasteiger partial charge on any atom is 0.125 e. The van der Waals surface area contributed by atoms with E-state index in [0.29, 0.717) is 13.2 Å². The van der Waals surface area contributed by atoms with Crippen molar-refractivity contribution in [2.45, 2.75) is 11.8 Å². The molecule has 1 unspecified atom stereocenters. The minimum absolute atomic E-state index is 0.451. The Balaban J connectivity index is 2.42. The second kappa shape index (κ2) is 3.68. The van der Waals surface area contributed by atoms with Crippen LogP contribution in [0.1, 0.15) is 12.1 Å². The van der Waals surface area contributed by atoms with Crippen LogP contribution in [0.25, 0.3) is 0 Å². The zero-order chi connectivity index (χ0) is 10.0. The zero-order valence-electron chi connectivity index (χ0n) is 7.53. The fourth-order valence-corrected chi connectivity index (χ4v) is 1.93. The predicted molar refractivity (Wildman–Crippen MR) is 54.7 cm³/mol. The molecule has 1 aromatic rings. The van der Waals surface area contributed by atoms with Crippen molar-refractivity contribution in [2.24, 2.45) is 0 Å². The summed E-state index contributed by atoms with van der Waals surface area (Å²) >= 11 is 3.30. The fourth-order valence-electron chi connectivity index (χ4n) is 1.59. The zero-order valence-corrected chi connectivity index (χ0v) is 9.12. The average molecular weight is 253 g/mol. The highest BCUT2D eigenvalue weighted by atomic mass is 79.9. The Labute approximate surface area is 90.8 Å². The molecule has 2 heterocycles. The van der Waals surface area contributed by atoms with Crippen molar-refractivity contribution in [3.05, 3.63) is 28.5 Å². The van der Waals surface area contributed by atoms with Crippen LogP contribution in [0, 0.1) is 11.3 Å². The number of halogens is 1. The second-order valence-electron chi connectivity index (χ2n) is 3.34. The Kier molecular flexibility index (Phi) is 2.53. The van der Waals surface area contributed by atoms with Crippen LogP contribution in [0.5, 0.6) is 0 Å². The first-order chi connectivity index (χ1) is 6.77. The highest BCUT2D eigenvalue weighted by Crippen LogP contribution is 2.31. The van der Waals surface area contributed by atoms with Gasteiger partial charge in [-0.25, -0.2) is 4.98 Å². The lowest BCUT2D eigenvalue weighted by atomic mass is 9.85. The molecular weight excluding hydrogens is 244 g/mol. The first-order valence-electron chi connectivity index (χ1n) is 4.39. The Morgan fingerprint density at radius 2 is 2.43 bits per heavy atom. The molecule has 1 fully saturated rings. The summed E-state index contributed by atoms with van der Waals surface area (Å²) < 4.78 is 6.03. The number of ether oxygens (including phenoxy) is 1. The molecule has 1 atom stereocenters. The SMILES string of the molecule is N#CC1(c2cccc(Br)n2)CCOC1. The fraction of sp³-hybridized carbons (Fsp3) is 0.400. The summed E-state index contributed by atoms with van der Waals surface area (Å²) in [5.41, 5.74) is 0.260. The van der Waals surface area contributed by atoms with Gasteiger partial charge < -0.3 is 4.74 Å². The number of pyridine rings is 1. The van der Waals surface area contributed by atoms with Crippen LogP contribution in [-0.4, -0.2) is 18.2 Å². The van der Waals surface area contributed by atoms with Crippen LogP contribution >= 0.6 is 15.9 Å². The predicted octanol–water partition coefficient (Wildman–Crippen LogP) is 2.03. The molecule has 0 aliphatic carbocycles.